The van der Waals surface area contributed by atoms with Gasteiger partial charge in [-0.1, -0.05) is 12.1 Å². The molecule has 1 saturated heterocycles. The monoisotopic (exact) mass is 439 g/mol. The summed E-state index contributed by atoms with van der Waals surface area (Å²) in [6.07, 6.45) is 2.47. The molecular formula is C23H29N5O4. The lowest BCUT2D eigenvalue weighted by Gasteiger charge is -2.27. The van der Waals surface area contributed by atoms with Crippen LogP contribution in [0.3, 0.4) is 0 Å². The second kappa shape index (κ2) is 9.95. The van der Waals surface area contributed by atoms with Crippen LogP contribution in [0, 0.1) is 12.8 Å². The number of aromatic amines is 1. The van der Waals surface area contributed by atoms with Gasteiger partial charge in [-0.15, -0.1) is 0 Å². The molecule has 170 valence electrons. The van der Waals surface area contributed by atoms with Crippen molar-refractivity contribution >= 4 is 23.5 Å². The SMILES string of the molecule is Cc1nc(N2CCOCC2)[nH]c(=O)c1CCC(=O)NCc1ccc(NC(=O)C2CC2)cc1. The Morgan fingerprint density at radius 2 is 1.91 bits per heavy atom. The summed E-state index contributed by atoms with van der Waals surface area (Å²) in [4.78, 5) is 46.0. The number of carbonyl (C=O) groups excluding carboxylic acids is 2. The molecule has 9 heteroatoms. The first kappa shape index (κ1) is 22.0. The highest BCUT2D eigenvalue weighted by molar-refractivity contribution is 5.94. The maximum absolute atomic E-state index is 12.5. The van der Waals surface area contributed by atoms with Gasteiger partial charge in [-0.2, -0.15) is 0 Å². The highest BCUT2D eigenvalue weighted by Crippen LogP contribution is 2.30. The van der Waals surface area contributed by atoms with Crippen LogP contribution in [0.4, 0.5) is 11.6 Å². The van der Waals surface area contributed by atoms with E-state index >= 15 is 0 Å². The van der Waals surface area contributed by atoms with E-state index in [0.717, 1.165) is 24.1 Å². The Morgan fingerprint density at radius 1 is 1.19 bits per heavy atom. The first-order chi connectivity index (χ1) is 15.5. The molecule has 2 aromatic rings. The van der Waals surface area contributed by atoms with Gasteiger partial charge in [0.05, 0.1) is 13.2 Å². The van der Waals surface area contributed by atoms with Crippen LogP contribution in [0.5, 0.6) is 0 Å². The van der Waals surface area contributed by atoms with Gasteiger partial charge < -0.3 is 20.3 Å². The summed E-state index contributed by atoms with van der Waals surface area (Å²) in [5.41, 5.74) is 2.68. The number of carbonyl (C=O) groups is 2. The minimum Gasteiger partial charge on any atom is -0.378 e. The van der Waals surface area contributed by atoms with Crippen LogP contribution in [0.1, 0.15) is 36.1 Å². The van der Waals surface area contributed by atoms with E-state index in [2.05, 4.69) is 20.6 Å². The van der Waals surface area contributed by atoms with Crippen molar-refractivity contribution < 1.29 is 14.3 Å². The lowest BCUT2D eigenvalue weighted by Crippen LogP contribution is -2.38. The average molecular weight is 440 g/mol. The van der Waals surface area contributed by atoms with Crippen LogP contribution in [0.25, 0.3) is 0 Å². The molecule has 2 aliphatic rings. The molecule has 0 atom stereocenters. The van der Waals surface area contributed by atoms with Crippen molar-refractivity contribution in [2.45, 2.75) is 39.2 Å². The quantitative estimate of drug-likeness (QED) is 0.574. The molecule has 0 spiro atoms. The molecule has 0 radical (unpaired) electrons. The van der Waals surface area contributed by atoms with Crippen LogP contribution in [-0.2, 0) is 27.3 Å². The van der Waals surface area contributed by atoms with Gasteiger partial charge in [0.25, 0.3) is 5.56 Å². The van der Waals surface area contributed by atoms with Gasteiger partial charge in [-0.25, -0.2) is 4.98 Å². The van der Waals surface area contributed by atoms with Crippen molar-refractivity contribution in [3.8, 4) is 0 Å². The number of nitrogens with one attached hydrogen (secondary N) is 3. The summed E-state index contributed by atoms with van der Waals surface area (Å²) in [7, 11) is 0. The molecule has 3 N–H and O–H groups in total. The van der Waals surface area contributed by atoms with Crippen LogP contribution >= 0.6 is 0 Å². The van der Waals surface area contributed by atoms with Gasteiger partial charge in [-0.05, 0) is 43.9 Å². The summed E-state index contributed by atoms with van der Waals surface area (Å²) in [6.45, 7) is 4.80. The predicted molar refractivity (Wildman–Crippen MR) is 121 cm³/mol. The van der Waals surface area contributed by atoms with E-state index in [-0.39, 0.29) is 29.7 Å². The standard InChI is InChI=1S/C23H29N5O4/c1-15-19(22(31)27-23(25-15)28-10-12-32-13-11-28)8-9-20(29)24-14-16-2-6-18(7-3-16)26-21(30)17-4-5-17/h2-3,6-7,17H,4-5,8-14H2,1H3,(H,24,29)(H,26,30)(H,25,27,31). The maximum Gasteiger partial charge on any atom is 0.255 e. The Labute approximate surface area is 186 Å². The van der Waals surface area contributed by atoms with E-state index < -0.39 is 0 Å². The second-order valence-corrected chi connectivity index (χ2v) is 8.29. The zero-order chi connectivity index (χ0) is 22.5. The minimum atomic E-state index is -0.198. The smallest absolute Gasteiger partial charge is 0.255 e. The van der Waals surface area contributed by atoms with E-state index in [0.29, 0.717) is 56.5 Å². The lowest BCUT2D eigenvalue weighted by molar-refractivity contribution is -0.121. The normalized spacial score (nSPS) is 16.0. The van der Waals surface area contributed by atoms with E-state index in [4.69, 9.17) is 4.74 Å². The van der Waals surface area contributed by atoms with Gasteiger partial charge in [-0.3, -0.25) is 19.4 Å². The van der Waals surface area contributed by atoms with E-state index in [1.807, 2.05) is 29.2 Å². The molecule has 32 heavy (non-hydrogen) atoms. The largest absolute Gasteiger partial charge is 0.378 e. The number of H-pyrrole nitrogens is 1. The molecule has 2 amide bonds. The van der Waals surface area contributed by atoms with Crippen molar-refractivity contribution in [1.82, 2.24) is 15.3 Å². The third-order valence-corrected chi connectivity index (χ3v) is 5.78. The molecule has 1 aromatic heterocycles. The summed E-state index contributed by atoms with van der Waals surface area (Å²) in [6, 6.07) is 7.44. The Bertz CT molecular complexity index is 1020. The van der Waals surface area contributed by atoms with Gasteiger partial charge in [0, 0.05) is 48.9 Å². The first-order valence-corrected chi connectivity index (χ1v) is 11.1. The van der Waals surface area contributed by atoms with E-state index in [1.165, 1.54) is 0 Å². The summed E-state index contributed by atoms with van der Waals surface area (Å²) in [5, 5.41) is 5.77. The molecule has 1 aliphatic heterocycles. The second-order valence-electron chi connectivity index (χ2n) is 8.29. The number of aromatic nitrogens is 2. The van der Waals surface area contributed by atoms with Gasteiger partial charge in [0.15, 0.2) is 0 Å². The van der Waals surface area contributed by atoms with Gasteiger partial charge in [0.1, 0.15) is 0 Å². The van der Waals surface area contributed by atoms with Gasteiger partial charge >= 0.3 is 0 Å². The van der Waals surface area contributed by atoms with Crippen molar-refractivity contribution in [3.63, 3.8) is 0 Å². The fourth-order valence-corrected chi connectivity index (χ4v) is 3.64. The lowest BCUT2D eigenvalue weighted by atomic mass is 10.1. The summed E-state index contributed by atoms with van der Waals surface area (Å²) >= 11 is 0. The third-order valence-electron chi connectivity index (χ3n) is 5.78. The number of nitrogens with zero attached hydrogens (tertiary/aromatic N) is 2. The number of amides is 2. The molecule has 1 aromatic carbocycles. The number of aryl methyl sites for hydroxylation is 1. The Kier molecular flexibility index (Phi) is 6.84. The van der Waals surface area contributed by atoms with E-state index in [1.54, 1.807) is 6.92 Å². The highest BCUT2D eigenvalue weighted by atomic mass is 16.5. The van der Waals surface area contributed by atoms with E-state index in [9.17, 15) is 14.4 Å². The van der Waals surface area contributed by atoms with Gasteiger partial charge in [0.2, 0.25) is 17.8 Å². The number of benzene rings is 1. The summed E-state index contributed by atoms with van der Waals surface area (Å²) in [5.74, 6) is 0.660. The Hall–Kier alpha value is -3.20. The molecule has 2 heterocycles. The number of anilines is 2. The zero-order valence-electron chi connectivity index (χ0n) is 18.3. The maximum atomic E-state index is 12.5. The average Bonchev–Trinajstić information content (AvgIpc) is 3.64. The number of ether oxygens (including phenoxy) is 1. The van der Waals surface area contributed by atoms with Crippen molar-refractivity contribution in [2.24, 2.45) is 5.92 Å². The molecule has 0 unspecified atom stereocenters. The number of rotatable bonds is 8. The number of morpholine rings is 1. The van der Waals surface area contributed by atoms with Crippen LogP contribution < -0.4 is 21.1 Å². The number of hydrogen-bond acceptors (Lipinski definition) is 6. The Balaban J connectivity index is 1.25. The highest BCUT2D eigenvalue weighted by Gasteiger charge is 2.29. The molecule has 0 bridgehead atoms. The van der Waals surface area contributed by atoms with Crippen molar-refractivity contribution in [1.29, 1.82) is 0 Å². The van der Waals surface area contributed by atoms with Crippen LogP contribution in [0.2, 0.25) is 0 Å². The number of hydrogen-bond donors (Lipinski definition) is 3. The zero-order valence-corrected chi connectivity index (χ0v) is 18.3. The third kappa shape index (κ3) is 5.73. The fourth-order valence-electron chi connectivity index (χ4n) is 3.64. The molecule has 1 aliphatic carbocycles. The van der Waals surface area contributed by atoms with Crippen LogP contribution in [0.15, 0.2) is 29.1 Å². The Morgan fingerprint density at radius 3 is 2.56 bits per heavy atom. The molecule has 9 nitrogen and oxygen atoms in total. The molecule has 2 fully saturated rings. The summed E-state index contributed by atoms with van der Waals surface area (Å²) < 4.78 is 5.33. The topological polar surface area (TPSA) is 116 Å². The van der Waals surface area contributed by atoms with Crippen molar-refractivity contribution in [2.75, 3.05) is 36.5 Å². The predicted octanol–water partition coefficient (Wildman–Crippen LogP) is 1.51. The van der Waals surface area contributed by atoms with Crippen LogP contribution in [-0.4, -0.2) is 48.1 Å². The molecule has 1 saturated carbocycles. The molecular weight excluding hydrogens is 410 g/mol. The minimum absolute atomic E-state index is 0.0730. The fraction of sp³-hybridized carbons (Fsp3) is 0.478. The van der Waals surface area contributed by atoms with Crippen molar-refractivity contribution in [3.05, 3.63) is 51.4 Å². The molecule has 4 rings (SSSR count). The first-order valence-electron chi connectivity index (χ1n) is 11.1.